The molecule has 0 aliphatic carbocycles. The van der Waals surface area contributed by atoms with Crippen molar-refractivity contribution in [3.8, 4) is 16.9 Å². The Morgan fingerprint density at radius 2 is 1.87 bits per heavy atom. The number of piperazine rings is 1. The number of anilines is 1. The Labute approximate surface area is 228 Å². The van der Waals surface area contributed by atoms with Crippen molar-refractivity contribution in [2.45, 2.75) is 38.6 Å². The molecule has 0 saturated carbocycles. The molecule has 1 aliphatic rings. The Morgan fingerprint density at radius 1 is 1.08 bits per heavy atom. The number of hydrogen-bond donors (Lipinski definition) is 0. The number of ether oxygens (including phenoxy) is 1. The number of halogens is 4. The molecule has 1 atom stereocenters. The zero-order chi connectivity index (χ0) is 27.9. The van der Waals surface area contributed by atoms with Gasteiger partial charge in [0.1, 0.15) is 12.1 Å². The lowest BCUT2D eigenvalue weighted by Crippen LogP contribution is -2.56. The van der Waals surface area contributed by atoms with Gasteiger partial charge in [-0.15, -0.1) is 0 Å². The van der Waals surface area contributed by atoms with Gasteiger partial charge in [-0.1, -0.05) is 23.7 Å². The zero-order valence-corrected chi connectivity index (χ0v) is 22.2. The minimum atomic E-state index is -4.68. The van der Waals surface area contributed by atoms with Crippen LogP contribution < -0.4 is 4.90 Å². The number of pyridine rings is 1. The maximum absolute atomic E-state index is 13.3. The van der Waals surface area contributed by atoms with Crippen LogP contribution >= 0.6 is 11.6 Å². The van der Waals surface area contributed by atoms with E-state index in [0.29, 0.717) is 23.0 Å². The third-order valence-corrected chi connectivity index (χ3v) is 7.01. The Morgan fingerprint density at radius 3 is 2.54 bits per heavy atom. The first kappa shape index (κ1) is 26.7. The Balaban J connectivity index is 1.52. The molecule has 1 saturated heterocycles. The lowest BCUT2D eigenvalue weighted by Gasteiger charge is -2.41. The summed E-state index contributed by atoms with van der Waals surface area (Å²) in [6, 6.07) is 12.7. The molecular weight excluding hydrogens is 533 g/mol. The van der Waals surface area contributed by atoms with Crippen LogP contribution in [0.5, 0.6) is 0 Å². The fourth-order valence-electron chi connectivity index (χ4n) is 4.58. The molecule has 5 rings (SSSR count). The number of aromatic nitrogens is 4. The average Bonchev–Trinajstić information content (AvgIpc) is 3.28. The molecular formula is C27H26ClF3N6O2. The molecule has 1 fully saturated rings. The van der Waals surface area contributed by atoms with E-state index in [0.717, 1.165) is 36.2 Å². The van der Waals surface area contributed by atoms with E-state index in [1.807, 2.05) is 59.0 Å². The third kappa shape index (κ3) is 5.10. The number of nitrogens with zero attached hydrogens (tertiary/aromatic N) is 6. The SMILES string of the molecule is C[C@H]1CN(C(=O)OC(C)(C)C(F)(F)F)CCN1c1ncnc2c1c(-c1ccccn1)cn2-c1cccc(Cl)c1. The van der Waals surface area contributed by atoms with Crippen molar-refractivity contribution in [3.05, 3.63) is 66.2 Å². The maximum Gasteiger partial charge on any atom is 0.427 e. The van der Waals surface area contributed by atoms with Crippen LogP contribution in [0.1, 0.15) is 20.8 Å². The van der Waals surface area contributed by atoms with Crippen molar-refractivity contribution in [1.82, 2.24) is 24.4 Å². The van der Waals surface area contributed by atoms with Crippen LogP contribution in [0.4, 0.5) is 23.8 Å². The largest absolute Gasteiger partial charge is 0.434 e. The molecule has 8 nitrogen and oxygen atoms in total. The lowest BCUT2D eigenvalue weighted by molar-refractivity contribution is -0.246. The second-order valence-electron chi connectivity index (χ2n) is 9.87. The second-order valence-corrected chi connectivity index (χ2v) is 10.3. The van der Waals surface area contributed by atoms with Gasteiger partial charge >= 0.3 is 12.3 Å². The first-order chi connectivity index (χ1) is 18.5. The van der Waals surface area contributed by atoms with Gasteiger partial charge in [0.15, 0.2) is 5.65 Å². The number of alkyl halides is 3. The van der Waals surface area contributed by atoms with E-state index < -0.39 is 17.9 Å². The van der Waals surface area contributed by atoms with Crippen LogP contribution in [0.2, 0.25) is 5.02 Å². The van der Waals surface area contributed by atoms with Crippen LogP contribution in [0.25, 0.3) is 28.0 Å². The minimum Gasteiger partial charge on any atom is -0.434 e. The Kier molecular flexibility index (Phi) is 6.88. The molecule has 4 heterocycles. The molecule has 0 bridgehead atoms. The van der Waals surface area contributed by atoms with E-state index >= 15 is 0 Å². The van der Waals surface area contributed by atoms with Crippen molar-refractivity contribution < 1.29 is 22.7 Å². The van der Waals surface area contributed by atoms with Gasteiger partial charge in [0.2, 0.25) is 5.60 Å². The van der Waals surface area contributed by atoms with Gasteiger partial charge in [-0.25, -0.2) is 14.8 Å². The smallest absolute Gasteiger partial charge is 0.427 e. The monoisotopic (exact) mass is 558 g/mol. The Bertz CT molecular complexity index is 1510. The maximum atomic E-state index is 13.3. The predicted molar refractivity (Wildman–Crippen MR) is 142 cm³/mol. The number of carbonyl (C=O) groups excluding carboxylic acids is 1. The number of carbonyl (C=O) groups is 1. The van der Waals surface area contributed by atoms with Crippen molar-refractivity contribution in [1.29, 1.82) is 0 Å². The van der Waals surface area contributed by atoms with E-state index in [4.69, 9.17) is 16.3 Å². The van der Waals surface area contributed by atoms with Crippen molar-refractivity contribution in [2.24, 2.45) is 0 Å². The first-order valence-corrected chi connectivity index (χ1v) is 12.7. The van der Waals surface area contributed by atoms with Crippen LogP contribution in [0, 0.1) is 0 Å². The molecule has 39 heavy (non-hydrogen) atoms. The summed E-state index contributed by atoms with van der Waals surface area (Å²) in [7, 11) is 0. The Hall–Kier alpha value is -3.86. The molecule has 1 amide bonds. The summed E-state index contributed by atoms with van der Waals surface area (Å²) in [5.41, 5.74) is 0.395. The van der Waals surface area contributed by atoms with Gasteiger partial charge < -0.3 is 19.1 Å². The normalized spacial score (nSPS) is 16.5. The quantitative estimate of drug-likeness (QED) is 0.300. The first-order valence-electron chi connectivity index (χ1n) is 12.3. The molecule has 0 radical (unpaired) electrons. The summed E-state index contributed by atoms with van der Waals surface area (Å²) >= 11 is 6.27. The van der Waals surface area contributed by atoms with Crippen molar-refractivity contribution >= 4 is 34.5 Å². The highest BCUT2D eigenvalue weighted by Crippen LogP contribution is 2.38. The van der Waals surface area contributed by atoms with Gasteiger partial charge in [0, 0.05) is 54.3 Å². The van der Waals surface area contributed by atoms with E-state index in [2.05, 4.69) is 15.0 Å². The van der Waals surface area contributed by atoms with Crippen LogP contribution in [0.15, 0.2) is 61.2 Å². The number of hydrogen-bond acceptors (Lipinski definition) is 6. The minimum absolute atomic E-state index is 0.159. The highest BCUT2D eigenvalue weighted by molar-refractivity contribution is 6.30. The summed E-state index contributed by atoms with van der Waals surface area (Å²) < 4.78 is 46.5. The summed E-state index contributed by atoms with van der Waals surface area (Å²) in [5, 5.41) is 1.34. The number of fused-ring (bicyclic) bond motifs is 1. The van der Waals surface area contributed by atoms with Crippen LogP contribution in [0.3, 0.4) is 0 Å². The molecule has 1 aromatic carbocycles. The number of rotatable bonds is 4. The molecule has 0 unspecified atom stereocenters. The van der Waals surface area contributed by atoms with Crippen LogP contribution in [-0.4, -0.2) is 68.0 Å². The molecule has 204 valence electrons. The van der Waals surface area contributed by atoms with Crippen molar-refractivity contribution in [2.75, 3.05) is 24.5 Å². The second kappa shape index (κ2) is 10.0. The van der Waals surface area contributed by atoms with Gasteiger partial charge in [-0.3, -0.25) is 4.98 Å². The molecule has 12 heteroatoms. The molecule has 1 aliphatic heterocycles. The third-order valence-electron chi connectivity index (χ3n) is 6.77. The molecule has 3 aromatic heterocycles. The van der Waals surface area contributed by atoms with Gasteiger partial charge in [0.25, 0.3) is 0 Å². The van der Waals surface area contributed by atoms with E-state index in [9.17, 15) is 18.0 Å². The highest BCUT2D eigenvalue weighted by atomic mass is 35.5. The summed E-state index contributed by atoms with van der Waals surface area (Å²) in [4.78, 5) is 29.7. The summed E-state index contributed by atoms with van der Waals surface area (Å²) in [6.07, 6.45) is -0.565. The summed E-state index contributed by atoms with van der Waals surface area (Å²) in [6.45, 7) is 4.22. The summed E-state index contributed by atoms with van der Waals surface area (Å²) in [5.74, 6) is 0.637. The zero-order valence-electron chi connectivity index (χ0n) is 21.5. The predicted octanol–water partition coefficient (Wildman–Crippen LogP) is 6.12. The lowest BCUT2D eigenvalue weighted by atomic mass is 10.1. The van der Waals surface area contributed by atoms with Crippen LogP contribution in [-0.2, 0) is 4.74 Å². The molecule has 0 spiro atoms. The van der Waals surface area contributed by atoms with Crippen molar-refractivity contribution in [3.63, 3.8) is 0 Å². The van der Waals surface area contributed by atoms with Gasteiger partial charge in [-0.05, 0) is 51.1 Å². The number of benzene rings is 1. The van der Waals surface area contributed by atoms with E-state index in [1.54, 1.807) is 12.3 Å². The van der Waals surface area contributed by atoms with E-state index in [-0.39, 0.29) is 19.1 Å². The standard InChI is InChI=1S/C27H26ClF3N6O2/c1-17-14-35(25(38)39-26(2,3)27(29,30)31)11-12-36(17)23-22-20(21-9-4-5-10-32-21)15-37(24(22)34-16-33-23)19-8-6-7-18(28)13-19/h4-10,13,15-17H,11-12,14H2,1-3H3/t17-/m0/s1. The molecule has 0 N–H and O–H groups in total. The fraction of sp³-hybridized carbons (Fsp3) is 0.333. The molecule has 4 aromatic rings. The average molecular weight is 559 g/mol. The highest BCUT2D eigenvalue weighted by Gasteiger charge is 2.51. The van der Waals surface area contributed by atoms with Gasteiger partial charge in [-0.2, -0.15) is 13.2 Å². The number of amides is 1. The van der Waals surface area contributed by atoms with E-state index in [1.165, 1.54) is 11.2 Å². The topological polar surface area (TPSA) is 76.4 Å². The van der Waals surface area contributed by atoms with Gasteiger partial charge in [0.05, 0.1) is 11.1 Å². The fourth-order valence-corrected chi connectivity index (χ4v) is 4.77.